The molecule has 0 radical (unpaired) electrons. The number of hydrogen-bond donors (Lipinski definition) is 0. The highest BCUT2D eigenvalue weighted by molar-refractivity contribution is 8.18. The number of carbonyl (C=O) groups excluding carboxylic acids is 2. The lowest BCUT2D eigenvalue weighted by molar-refractivity contribution is -0.123. The van der Waals surface area contributed by atoms with Gasteiger partial charge < -0.3 is 9.47 Å². The topological polar surface area (TPSA) is 55.8 Å². The Balaban J connectivity index is 1.86. The van der Waals surface area contributed by atoms with Gasteiger partial charge in [0.1, 0.15) is 0 Å². The van der Waals surface area contributed by atoms with E-state index >= 15 is 0 Å². The molecule has 1 heterocycles. The van der Waals surface area contributed by atoms with Crippen molar-refractivity contribution in [2.45, 2.75) is 20.4 Å². The highest BCUT2D eigenvalue weighted by atomic mass is 35.5. The average molecular weight is 487 g/mol. The third-order valence-corrected chi connectivity index (χ3v) is 6.04. The van der Waals surface area contributed by atoms with Crippen molar-refractivity contribution in [2.24, 2.45) is 0 Å². The summed E-state index contributed by atoms with van der Waals surface area (Å²) in [6, 6.07) is 8.39. The van der Waals surface area contributed by atoms with E-state index in [4.69, 9.17) is 44.3 Å². The number of rotatable bonds is 7. The SMILES string of the molecule is CCOc1cc(/C=C2\SC(=O)N(Cc3ccc(Cl)c(Cl)c3)C2=O)cc(Cl)c1OCC. The van der Waals surface area contributed by atoms with E-state index in [0.29, 0.717) is 55.8 Å². The minimum Gasteiger partial charge on any atom is -0.490 e. The molecule has 2 aromatic carbocycles. The Morgan fingerprint density at radius 2 is 1.70 bits per heavy atom. The maximum Gasteiger partial charge on any atom is 0.293 e. The average Bonchev–Trinajstić information content (AvgIpc) is 2.95. The molecule has 5 nitrogen and oxygen atoms in total. The minimum absolute atomic E-state index is 0.104. The summed E-state index contributed by atoms with van der Waals surface area (Å²) in [5, 5.41) is 0.777. The summed E-state index contributed by atoms with van der Waals surface area (Å²) >= 11 is 19.2. The van der Waals surface area contributed by atoms with Crippen LogP contribution in [0.4, 0.5) is 4.79 Å². The number of imide groups is 1. The summed E-state index contributed by atoms with van der Waals surface area (Å²) in [6.07, 6.45) is 1.61. The molecule has 0 N–H and O–H groups in total. The third-order valence-electron chi connectivity index (χ3n) is 4.12. The lowest BCUT2D eigenvalue weighted by atomic mass is 10.1. The third kappa shape index (κ3) is 5.06. The van der Waals surface area contributed by atoms with Gasteiger partial charge in [-0.05, 0) is 67.1 Å². The predicted molar refractivity (Wildman–Crippen MR) is 122 cm³/mol. The zero-order valence-corrected chi connectivity index (χ0v) is 19.3. The number of thioether (sulfide) groups is 1. The first-order valence-electron chi connectivity index (χ1n) is 9.12. The first-order chi connectivity index (χ1) is 14.3. The largest absolute Gasteiger partial charge is 0.490 e. The Morgan fingerprint density at radius 3 is 2.37 bits per heavy atom. The quantitative estimate of drug-likeness (QED) is 0.409. The second kappa shape index (κ2) is 9.96. The van der Waals surface area contributed by atoms with Gasteiger partial charge in [-0.3, -0.25) is 14.5 Å². The molecule has 0 unspecified atom stereocenters. The van der Waals surface area contributed by atoms with Gasteiger partial charge in [-0.25, -0.2) is 0 Å². The summed E-state index contributed by atoms with van der Waals surface area (Å²) in [7, 11) is 0. The van der Waals surface area contributed by atoms with E-state index in [1.807, 2.05) is 13.8 Å². The summed E-state index contributed by atoms with van der Waals surface area (Å²) in [4.78, 5) is 26.7. The van der Waals surface area contributed by atoms with Crippen LogP contribution >= 0.6 is 46.6 Å². The first-order valence-corrected chi connectivity index (χ1v) is 11.1. The van der Waals surface area contributed by atoms with E-state index in [-0.39, 0.29) is 17.7 Å². The fourth-order valence-electron chi connectivity index (χ4n) is 2.83. The van der Waals surface area contributed by atoms with Crippen LogP contribution in [-0.2, 0) is 11.3 Å². The molecule has 0 spiro atoms. The molecule has 2 aromatic rings. The zero-order valence-electron chi connectivity index (χ0n) is 16.2. The number of nitrogens with zero attached hydrogens (tertiary/aromatic N) is 1. The van der Waals surface area contributed by atoms with Crippen LogP contribution in [0.2, 0.25) is 15.1 Å². The van der Waals surface area contributed by atoms with Crippen LogP contribution in [0, 0.1) is 0 Å². The number of amides is 2. The molecule has 3 rings (SSSR count). The highest BCUT2D eigenvalue weighted by Crippen LogP contribution is 2.39. The molecule has 30 heavy (non-hydrogen) atoms. The Morgan fingerprint density at radius 1 is 0.967 bits per heavy atom. The number of hydrogen-bond acceptors (Lipinski definition) is 5. The van der Waals surface area contributed by atoms with Gasteiger partial charge in [-0.15, -0.1) is 0 Å². The van der Waals surface area contributed by atoms with Gasteiger partial charge in [0, 0.05) is 0 Å². The van der Waals surface area contributed by atoms with E-state index in [0.717, 1.165) is 16.7 Å². The van der Waals surface area contributed by atoms with Crippen LogP contribution in [0.15, 0.2) is 35.2 Å². The van der Waals surface area contributed by atoms with Crippen LogP contribution in [0.25, 0.3) is 6.08 Å². The maximum atomic E-state index is 12.8. The zero-order chi connectivity index (χ0) is 21.8. The van der Waals surface area contributed by atoms with Gasteiger partial charge in [0.15, 0.2) is 11.5 Å². The predicted octanol–water partition coefficient (Wildman–Crippen LogP) is 6.68. The van der Waals surface area contributed by atoms with Crippen LogP contribution in [0.3, 0.4) is 0 Å². The lowest BCUT2D eigenvalue weighted by Crippen LogP contribution is -2.27. The molecule has 0 aliphatic carbocycles. The molecule has 1 fully saturated rings. The molecule has 1 aliphatic heterocycles. The number of halogens is 3. The smallest absolute Gasteiger partial charge is 0.293 e. The molecule has 1 aliphatic rings. The normalized spacial score (nSPS) is 15.2. The van der Waals surface area contributed by atoms with Gasteiger partial charge >= 0.3 is 0 Å². The Hall–Kier alpha value is -1.86. The van der Waals surface area contributed by atoms with Crippen molar-refractivity contribution in [3.05, 3.63) is 61.4 Å². The summed E-state index contributed by atoms with van der Waals surface area (Å²) < 4.78 is 11.2. The van der Waals surface area contributed by atoms with Crippen molar-refractivity contribution >= 4 is 63.8 Å². The lowest BCUT2D eigenvalue weighted by Gasteiger charge is -2.14. The second-order valence-electron chi connectivity index (χ2n) is 6.21. The van der Waals surface area contributed by atoms with E-state index < -0.39 is 0 Å². The molecular formula is C21H18Cl3NO4S. The van der Waals surface area contributed by atoms with Crippen molar-refractivity contribution in [2.75, 3.05) is 13.2 Å². The van der Waals surface area contributed by atoms with Gasteiger partial charge in [0.05, 0.1) is 39.7 Å². The van der Waals surface area contributed by atoms with Crippen LogP contribution in [0.1, 0.15) is 25.0 Å². The molecule has 0 aromatic heterocycles. The summed E-state index contributed by atoms with van der Waals surface area (Å²) in [5.41, 5.74) is 1.34. The number of benzene rings is 2. The fraction of sp³-hybridized carbons (Fsp3) is 0.238. The van der Waals surface area contributed by atoms with Gasteiger partial charge in [-0.1, -0.05) is 40.9 Å². The Bertz CT molecular complexity index is 1030. The van der Waals surface area contributed by atoms with Gasteiger partial charge in [0.25, 0.3) is 11.1 Å². The van der Waals surface area contributed by atoms with Crippen LogP contribution < -0.4 is 9.47 Å². The van der Waals surface area contributed by atoms with Crippen molar-refractivity contribution in [3.8, 4) is 11.5 Å². The summed E-state index contributed by atoms with van der Waals surface area (Å²) in [6.45, 7) is 4.68. The molecule has 0 saturated carbocycles. The molecule has 0 atom stereocenters. The van der Waals surface area contributed by atoms with Crippen LogP contribution in [0.5, 0.6) is 11.5 Å². The molecule has 0 bridgehead atoms. The molecule has 158 valence electrons. The highest BCUT2D eigenvalue weighted by Gasteiger charge is 2.35. The standard InChI is InChI=1S/C21H18Cl3NO4S/c1-3-28-17-9-13(8-16(24)19(17)29-4-2)10-18-20(26)25(21(27)30-18)11-12-5-6-14(22)15(23)7-12/h5-10H,3-4,11H2,1-2H3/b18-10-. The van der Waals surface area contributed by atoms with Gasteiger partial charge in [-0.2, -0.15) is 0 Å². The maximum absolute atomic E-state index is 12.8. The van der Waals surface area contributed by atoms with Crippen molar-refractivity contribution < 1.29 is 19.1 Å². The Labute approximate surface area is 193 Å². The molecule has 1 saturated heterocycles. The van der Waals surface area contributed by atoms with Crippen molar-refractivity contribution in [1.29, 1.82) is 0 Å². The first kappa shape index (κ1) is 22.8. The van der Waals surface area contributed by atoms with Crippen LogP contribution in [-0.4, -0.2) is 29.3 Å². The van der Waals surface area contributed by atoms with Crippen molar-refractivity contribution in [1.82, 2.24) is 4.90 Å². The number of ether oxygens (including phenoxy) is 2. The van der Waals surface area contributed by atoms with E-state index in [1.54, 1.807) is 36.4 Å². The van der Waals surface area contributed by atoms with E-state index in [1.165, 1.54) is 0 Å². The van der Waals surface area contributed by atoms with Crippen molar-refractivity contribution in [3.63, 3.8) is 0 Å². The number of carbonyl (C=O) groups is 2. The monoisotopic (exact) mass is 485 g/mol. The minimum atomic E-state index is -0.390. The molecule has 9 heteroatoms. The summed E-state index contributed by atoms with van der Waals surface area (Å²) in [5.74, 6) is 0.540. The fourth-order valence-corrected chi connectivity index (χ4v) is 4.26. The molecule has 2 amide bonds. The molecular weight excluding hydrogens is 469 g/mol. The van der Waals surface area contributed by atoms with E-state index in [9.17, 15) is 9.59 Å². The second-order valence-corrected chi connectivity index (χ2v) is 8.43. The Kier molecular flexibility index (Phi) is 7.58. The van der Waals surface area contributed by atoms with Gasteiger partial charge in [0.2, 0.25) is 0 Å². The van der Waals surface area contributed by atoms with E-state index in [2.05, 4.69) is 0 Å².